The molecule has 1 aliphatic carbocycles. The van der Waals surface area contributed by atoms with E-state index in [9.17, 15) is 4.79 Å². The molecule has 22 heavy (non-hydrogen) atoms. The van der Waals surface area contributed by atoms with Gasteiger partial charge in [-0.3, -0.25) is 4.79 Å². The molecule has 2 aliphatic heterocycles. The molecule has 5 heteroatoms. The Morgan fingerprint density at radius 1 is 1.41 bits per heavy atom. The van der Waals surface area contributed by atoms with Crippen molar-refractivity contribution in [1.82, 2.24) is 9.88 Å². The van der Waals surface area contributed by atoms with Gasteiger partial charge in [0.25, 0.3) is 5.91 Å². The molecular formula is C17H22N2O3. The number of nitrogens with zero attached hydrogens (tertiary/aromatic N) is 2. The summed E-state index contributed by atoms with van der Waals surface area (Å²) in [6, 6.07) is 3.55. The van der Waals surface area contributed by atoms with E-state index in [1.165, 1.54) is 19.3 Å². The summed E-state index contributed by atoms with van der Waals surface area (Å²) in [5.74, 6) is 0.637. The topological polar surface area (TPSA) is 51.7 Å². The summed E-state index contributed by atoms with van der Waals surface area (Å²) in [4.78, 5) is 18.9. The van der Waals surface area contributed by atoms with Crippen molar-refractivity contribution in [2.75, 3.05) is 26.3 Å². The van der Waals surface area contributed by atoms with Crippen LogP contribution in [0.4, 0.5) is 0 Å². The highest BCUT2D eigenvalue weighted by Gasteiger charge is 2.44. The molecule has 2 saturated heterocycles. The maximum atomic E-state index is 12.7. The summed E-state index contributed by atoms with van der Waals surface area (Å²) in [5, 5.41) is 0. The molecule has 0 aromatic carbocycles. The fraction of sp³-hybridized carbons (Fsp3) is 0.647. The summed E-state index contributed by atoms with van der Waals surface area (Å²) in [6.45, 7) is 3.14. The van der Waals surface area contributed by atoms with Crippen molar-refractivity contribution in [2.45, 2.75) is 38.2 Å². The van der Waals surface area contributed by atoms with Crippen LogP contribution in [-0.4, -0.2) is 48.2 Å². The van der Waals surface area contributed by atoms with Crippen LogP contribution in [0.2, 0.25) is 0 Å². The van der Waals surface area contributed by atoms with Crippen LogP contribution in [-0.2, 0) is 4.74 Å². The Bertz CT molecular complexity index is 565. The number of amides is 1. The van der Waals surface area contributed by atoms with E-state index < -0.39 is 0 Å². The number of ether oxygens (including phenoxy) is 2. The monoisotopic (exact) mass is 302 g/mol. The summed E-state index contributed by atoms with van der Waals surface area (Å²) in [6.07, 6.45) is 7.64. The van der Waals surface area contributed by atoms with Crippen molar-refractivity contribution >= 4 is 5.91 Å². The lowest BCUT2D eigenvalue weighted by molar-refractivity contribution is 0.0731. The second-order valence-electron chi connectivity index (χ2n) is 6.82. The molecule has 0 unspecified atom stereocenters. The second-order valence-corrected chi connectivity index (χ2v) is 6.82. The van der Waals surface area contributed by atoms with E-state index in [1.54, 1.807) is 18.3 Å². The zero-order chi connectivity index (χ0) is 15.0. The van der Waals surface area contributed by atoms with Gasteiger partial charge in [0, 0.05) is 37.3 Å². The van der Waals surface area contributed by atoms with Gasteiger partial charge in [0.05, 0.1) is 13.2 Å². The molecule has 1 saturated carbocycles. The van der Waals surface area contributed by atoms with Gasteiger partial charge >= 0.3 is 0 Å². The van der Waals surface area contributed by atoms with E-state index in [-0.39, 0.29) is 12.0 Å². The lowest BCUT2D eigenvalue weighted by atomic mass is 9.68. The molecule has 118 valence electrons. The maximum Gasteiger partial charge on any atom is 0.254 e. The summed E-state index contributed by atoms with van der Waals surface area (Å²) in [7, 11) is 0. The Labute approximate surface area is 130 Å². The summed E-state index contributed by atoms with van der Waals surface area (Å²) < 4.78 is 11.1. The number of aromatic nitrogens is 1. The predicted octanol–water partition coefficient (Wildman–Crippen LogP) is 2.27. The van der Waals surface area contributed by atoms with Crippen LogP contribution in [0.15, 0.2) is 18.3 Å². The quantitative estimate of drug-likeness (QED) is 0.859. The van der Waals surface area contributed by atoms with E-state index in [1.807, 2.05) is 4.90 Å². The Morgan fingerprint density at radius 2 is 2.32 bits per heavy atom. The van der Waals surface area contributed by atoms with E-state index in [0.29, 0.717) is 23.5 Å². The fourth-order valence-electron chi connectivity index (χ4n) is 3.76. The largest absolute Gasteiger partial charge is 0.472 e. The van der Waals surface area contributed by atoms with Crippen LogP contribution in [0.25, 0.3) is 0 Å². The van der Waals surface area contributed by atoms with Gasteiger partial charge in [-0.15, -0.1) is 0 Å². The maximum absolute atomic E-state index is 12.7. The van der Waals surface area contributed by atoms with E-state index >= 15 is 0 Å². The normalized spacial score (nSPS) is 26.2. The number of pyridine rings is 1. The average molecular weight is 302 g/mol. The van der Waals surface area contributed by atoms with Gasteiger partial charge in [-0.25, -0.2) is 4.98 Å². The van der Waals surface area contributed by atoms with Gasteiger partial charge < -0.3 is 14.4 Å². The summed E-state index contributed by atoms with van der Waals surface area (Å²) in [5.41, 5.74) is 1.11. The van der Waals surface area contributed by atoms with Gasteiger partial charge in [-0.1, -0.05) is 6.42 Å². The van der Waals surface area contributed by atoms with Gasteiger partial charge in [-0.2, -0.15) is 0 Å². The predicted molar refractivity (Wildman–Crippen MR) is 80.9 cm³/mol. The van der Waals surface area contributed by atoms with Crippen molar-refractivity contribution in [3.05, 3.63) is 23.9 Å². The first-order chi connectivity index (χ1) is 10.7. The molecule has 3 aliphatic rings. The molecule has 0 bridgehead atoms. The van der Waals surface area contributed by atoms with E-state index in [0.717, 1.165) is 32.5 Å². The van der Waals surface area contributed by atoms with Crippen LogP contribution < -0.4 is 4.74 Å². The third-order valence-corrected chi connectivity index (χ3v) is 5.30. The molecule has 0 radical (unpaired) electrons. The minimum atomic E-state index is 0.0582. The average Bonchev–Trinajstić information content (AvgIpc) is 3.15. The van der Waals surface area contributed by atoms with Gasteiger partial charge in [0.15, 0.2) is 0 Å². The van der Waals surface area contributed by atoms with Crippen LogP contribution >= 0.6 is 0 Å². The second kappa shape index (κ2) is 5.54. The fourth-order valence-corrected chi connectivity index (χ4v) is 3.76. The molecule has 0 N–H and O–H groups in total. The zero-order valence-electron chi connectivity index (χ0n) is 12.8. The smallest absolute Gasteiger partial charge is 0.254 e. The molecule has 1 aromatic heterocycles. The molecule has 5 nitrogen and oxygen atoms in total. The highest BCUT2D eigenvalue weighted by molar-refractivity contribution is 5.94. The third-order valence-electron chi connectivity index (χ3n) is 5.30. The molecule has 1 aromatic rings. The Balaban J connectivity index is 1.44. The Kier molecular flexibility index (Phi) is 3.53. The van der Waals surface area contributed by atoms with Crippen molar-refractivity contribution < 1.29 is 14.3 Å². The molecule has 1 spiro atoms. The zero-order valence-corrected chi connectivity index (χ0v) is 12.8. The molecular weight excluding hydrogens is 280 g/mol. The van der Waals surface area contributed by atoms with E-state index in [2.05, 4.69) is 4.98 Å². The van der Waals surface area contributed by atoms with Crippen molar-refractivity contribution in [3.63, 3.8) is 0 Å². The summed E-state index contributed by atoms with van der Waals surface area (Å²) >= 11 is 0. The van der Waals surface area contributed by atoms with Crippen molar-refractivity contribution in [2.24, 2.45) is 5.41 Å². The number of carbonyl (C=O) groups excluding carboxylic acids is 1. The van der Waals surface area contributed by atoms with Gasteiger partial charge in [0.1, 0.15) is 6.10 Å². The number of hydrogen-bond donors (Lipinski definition) is 0. The van der Waals surface area contributed by atoms with Gasteiger partial charge in [0.2, 0.25) is 5.88 Å². The highest BCUT2D eigenvalue weighted by atomic mass is 16.5. The lowest BCUT2D eigenvalue weighted by Gasteiger charge is -2.37. The minimum absolute atomic E-state index is 0.0582. The number of carbonyl (C=O) groups is 1. The molecule has 4 rings (SSSR count). The first-order valence-electron chi connectivity index (χ1n) is 8.24. The minimum Gasteiger partial charge on any atom is -0.472 e. The molecule has 3 fully saturated rings. The first kappa shape index (κ1) is 14.0. The number of rotatable bonds is 3. The molecule has 1 atom stereocenters. The number of likely N-dealkylation sites (tertiary alicyclic amines) is 1. The van der Waals surface area contributed by atoms with Crippen molar-refractivity contribution in [3.8, 4) is 5.88 Å². The SMILES string of the molecule is O=C(c1ccnc(O[C@H]2CCOC2)c1)N1CCC2(CCC2)C1. The van der Waals surface area contributed by atoms with Gasteiger partial charge in [-0.05, 0) is 30.7 Å². The Morgan fingerprint density at radius 3 is 3.00 bits per heavy atom. The standard InChI is InChI=1S/C17H22N2O3/c20-16(19-8-6-17(12-19)4-1-5-17)13-2-7-18-15(10-13)22-14-3-9-21-11-14/h2,7,10,14H,1,3-6,8-9,11-12H2/t14-/m0/s1. The third kappa shape index (κ3) is 2.58. The van der Waals surface area contributed by atoms with E-state index in [4.69, 9.17) is 9.47 Å². The molecule has 3 heterocycles. The van der Waals surface area contributed by atoms with Crippen LogP contribution in [0, 0.1) is 5.41 Å². The highest BCUT2D eigenvalue weighted by Crippen LogP contribution is 2.48. The van der Waals surface area contributed by atoms with Crippen molar-refractivity contribution in [1.29, 1.82) is 0 Å². The first-order valence-corrected chi connectivity index (χ1v) is 8.24. The van der Waals surface area contributed by atoms with Crippen LogP contribution in [0.1, 0.15) is 42.5 Å². The van der Waals surface area contributed by atoms with Crippen LogP contribution in [0.5, 0.6) is 5.88 Å². The van der Waals surface area contributed by atoms with Crippen LogP contribution in [0.3, 0.4) is 0 Å². The Hall–Kier alpha value is -1.62. The lowest BCUT2D eigenvalue weighted by Crippen LogP contribution is -2.35. The number of hydrogen-bond acceptors (Lipinski definition) is 4. The molecule has 1 amide bonds.